The van der Waals surface area contributed by atoms with E-state index in [2.05, 4.69) is 0 Å². The number of Topliss-reactive ketones (excluding diaryl/α,β-unsaturated/α-hetero) is 1. The highest BCUT2D eigenvalue weighted by molar-refractivity contribution is 6.51. The summed E-state index contributed by atoms with van der Waals surface area (Å²) in [5, 5.41) is 11.4. The molecule has 1 atom stereocenters. The van der Waals surface area contributed by atoms with Crippen molar-refractivity contribution in [2.75, 3.05) is 12.0 Å². The van der Waals surface area contributed by atoms with Gasteiger partial charge in [0.25, 0.3) is 11.7 Å². The molecule has 1 heterocycles. The highest BCUT2D eigenvalue weighted by Gasteiger charge is 2.47. The van der Waals surface area contributed by atoms with Gasteiger partial charge in [-0.05, 0) is 42.8 Å². The number of methoxy groups -OCH3 is 1. The zero-order valence-corrected chi connectivity index (χ0v) is 18.4. The Morgan fingerprint density at radius 1 is 1.06 bits per heavy atom. The number of aliphatic hydroxyl groups excluding tert-OH is 1. The molecule has 3 aromatic rings. The standard InChI is InChI=1S/C25H18ClF2NO4/c1-13-4-3-5-14(10-13)22-21(23(30)15-6-8-17(26)20(11-15)33-2)24(31)25(32)29(22)19-9-7-16(27)12-18(19)28/h3-12,22,30H,1-2H3/b23-21+. The molecule has 1 fully saturated rings. The van der Waals surface area contributed by atoms with Crippen LogP contribution in [0.25, 0.3) is 5.76 Å². The average Bonchev–Trinajstić information content (AvgIpc) is 3.04. The molecule has 33 heavy (non-hydrogen) atoms. The fourth-order valence-corrected chi connectivity index (χ4v) is 4.07. The predicted octanol–water partition coefficient (Wildman–Crippen LogP) is 5.56. The van der Waals surface area contributed by atoms with Crippen LogP contribution in [0.1, 0.15) is 22.7 Å². The minimum Gasteiger partial charge on any atom is -0.507 e. The number of anilines is 1. The van der Waals surface area contributed by atoms with Gasteiger partial charge in [-0.15, -0.1) is 0 Å². The van der Waals surface area contributed by atoms with Gasteiger partial charge in [-0.3, -0.25) is 14.5 Å². The monoisotopic (exact) mass is 469 g/mol. The quantitative estimate of drug-likeness (QED) is 0.308. The lowest BCUT2D eigenvalue weighted by atomic mass is 9.94. The summed E-state index contributed by atoms with van der Waals surface area (Å²) in [5.41, 5.74) is 0.967. The third-order valence-corrected chi connectivity index (χ3v) is 5.71. The number of aryl methyl sites for hydroxylation is 1. The van der Waals surface area contributed by atoms with E-state index in [0.717, 1.165) is 22.6 Å². The SMILES string of the molecule is COc1cc(/C(O)=C2\C(=O)C(=O)N(c3ccc(F)cc3F)C2c2cccc(C)c2)ccc1Cl. The number of halogens is 3. The van der Waals surface area contributed by atoms with Gasteiger partial charge < -0.3 is 9.84 Å². The van der Waals surface area contributed by atoms with Crippen LogP contribution in [0.2, 0.25) is 5.02 Å². The summed E-state index contributed by atoms with van der Waals surface area (Å²) in [7, 11) is 1.40. The van der Waals surface area contributed by atoms with Crippen molar-refractivity contribution in [3.8, 4) is 5.75 Å². The Hall–Kier alpha value is -3.71. The van der Waals surface area contributed by atoms with Crippen molar-refractivity contribution in [3.63, 3.8) is 0 Å². The number of rotatable bonds is 4. The van der Waals surface area contributed by atoms with Crippen LogP contribution < -0.4 is 9.64 Å². The first-order valence-electron chi connectivity index (χ1n) is 9.89. The molecule has 1 N–H and O–H groups in total. The van der Waals surface area contributed by atoms with Gasteiger partial charge in [0.05, 0.1) is 29.4 Å². The zero-order chi connectivity index (χ0) is 23.9. The van der Waals surface area contributed by atoms with Crippen LogP contribution in [0, 0.1) is 18.6 Å². The highest BCUT2D eigenvalue weighted by atomic mass is 35.5. The summed E-state index contributed by atoms with van der Waals surface area (Å²) >= 11 is 6.06. The Balaban J connectivity index is 1.98. The van der Waals surface area contributed by atoms with E-state index >= 15 is 0 Å². The molecule has 4 rings (SSSR count). The first kappa shape index (κ1) is 22.5. The fraction of sp³-hybridized carbons (Fsp3) is 0.120. The molecular weight excluding hydrogens is 452 g/mol. The van der Waals surface area contributed by atoms with Crippen LogP contribution in [-0.2, 0) is 9.59 Å². The Bertz CT molecular complexity index is 1320. The van der Waals surface area contributed by atoms with E-state index < -0.39 is 35.1 Å². The number of carbonyl (C=O) groups excluding carboxylic acids is 2. The molecule has 0 aromatic heterocycles. The Morgan fingerprint density at radius 2 is 1.82 bits per heavy atom. The highest BCUT2D eigenvalue weighted by Crippen LogP contribution is 2.43. The fourth-order valence-electron chi connectivity index (χ4n) is 3.88. The molecule has 1 amide bonds. The summed E-state index contributed by atoms with van der Waals surface area (Å²) in [6, 6.07) is 12.9. The van der Waals surface area contributed by atoms with Gasteiger partial charge in [0.15, 0.2) is 0 Å². The Kier molecular flexibility index (Phi) is 5.91. The number of amides is 1. The van der Waals surface area contributed by atoms with Crippen molar-refractivity contribution in [2.45, 2.75) is 13.0 Å². The predicted molar refractivity (Wildman–Crippen MR) is 120 cm³/mol. The second-order valence-electron chi connectivity index (χ2n) is 7.53. The van der Waals surface area contributed by atoms with Crippen LogP contribution in [0.3, 0.4) is 0 Å². The Labute approximate surface area is 193 Å². The van der Waals surface area contributed by atoms with Gasteiger partial charge in [-0.2, -0.15) is 0 Å². The molecule has 3 aromatic carbocycles. The Morgan fingerprint density at radius 3 is 2.48 bits per heavy atom. The summed E-state index contributed by atoms with van der Waals surface area (Å²) in [4.78, 5) is 27.1. The minimum atomic E-state index is -1.15. The molecule has 0 spiro atoms. The lowest BCUT2D eigenvalue weighted by Gasteiger charge is -2.26. The molecule has 5 nitrogen and oxygen atoms in total. The third-order valence-electron chi connectivity index (χ3n) is 5.40. The van der Waals surface area contributed by atoms with Crippen molar-refractivity contribution in [1.29, 1.82) is 0 Å². The number of hydrogen-bond acceptors (Lipinski definition) is 4. The number of carbonyl (C=O) groups is 2. The normalized spacial score (nSPS) is 17.5. The van der Waals surface area contributed by atoms with Crippen LogP contribution in [0.5, 0.6) is 5.75 Å². The minimum absolute atomic E-state index is 0.187. The molecule has 1 unspecified atom stereocenters. The van der Waals surface area contributed by atoms with Gasteiger partial charge in [0.1, 0.15) is 23.1 Å². The molecule has 8 heteroatoms. The molecule has 168 valence electrons. The maximum Gasteiger partial charge on any atom is 0.300 e. The van der Waals surface area contributed by atoms with E-state index in [4.69, 9.17) is 16.3 Å². The van der Waals surface area contributed by atoms with Crippen molar-refractivity contribution in [3.05, 3.63) is 99.6 Å². The van der Waals surface area contributed by atoms with E-state index in [-0.39, 0.29) is 27.6 Å². The average molecular weight is 470 g/mol. The number of benzene rings is 3. The van der Waals surface area contributed by atoms with E-state index in [1.807, 2.05) is 13.0 Å². The lowest BCUT2D eigenvalue weighted by molar-refractivity contribution is -0.132. The number of ketones is 1. The second-order valence-corrected chi connectivity index (χ2v) is 7.94. The van der Waals surface area contributed by atoms with Crippen molar-refractivity contribution in [1.82, 2.24) is 0 Å². The maximum atomic E-state index is 14.7. The van der Waals surface area contributed by atoms with E-state index in [1.54, 1.807) is 18.2 Å². The molecule has 1 saturated heterocycles. The summed E-state index contributed by atoms with van der Waals surface area (Å²) in [6.07, 6.45) is 0. The van der Waals surface area contributed by atoms with Gasteiger partial charge in [-0.25, -0.2) is 8.78 Å². The lowest BCUT2D eigenvalue weighted by Crippen LogP contribution is -2.30. The largest absolute Gasteiger partial charge is 0.507 e. The van der Waals surface area contributed by atoms with E-state index in [1.165, 1.54) is 25.3 Å². The van der Waals surface area contributed by atoms with E-state index in [9.17, 15) is 23.5 Å². The van der Waals surface area contributed by atoms with Gasteiger partial charge in [-0.1, -0.05) is 41.4 Å². The van der Waals surface area contributed by atoms with Gasteiger partial charge in [0, 0.05) is 11.6 Å². The molecule has 1 aliphatic rings. The van der Waals surface area contributed by atoms with Crippen molar-refractivity contribution >= 4 is 34.7 Å². The first-order valence-corrected chi connectivity index (χ1v) is 10.3. The topological polar surface area (TPSA) is 66.8 Å². The van der Waals surface area contributed by atoms with Crippen LogP contribution in [0.4, 0.5) is 14.5 Å². The van der Waals surface area contributed by atoms with Crippen molar-refractivity contribution < 1.29 is 28.2 Å². The van der Waals surface area contributed by atoms with Gasteiger partial charge in [0.2, 0.25) is 0 Å². The number of hydrogen-bond donors (Lipinski definition) is 1. The molecule has 0 aliphatic carbocycles. The summed E-state index contributed by atoms with van der Waals surface area (Å²) in [5.74, 6) is -4.10. The molecule has 1 aliphatic heterocycles. The molecular formula is C25H18ClF2NO4. The smallest absolute Gasteiger partial charge is 0.300 e. The van der Waals surface area contributed by atoms with Gasteiger partial charge >= 0.3 is 0 Å². The molecule has 0 bridgehead atoms. The zero-order valence-electron chi connectivity index (χ0n) is 17.6. The first-order chi connectivity index (χ1) is 15.7. The summed E-state index contributed by atoms with van der Waals surface area (Å²) in [6.45, 7) is 1.82. The second kappa shape index (κ2) is 8.67. The molecule has 0 radical (unpaired) electrons. The van der Waals surface area contributed by atoms with Crippen LogP contribution in [-0.4, -0.2) is 23.9 Å². The van der Waals surface area contributed by atoms with E-state index in [0.29, 0.717) is 11.6 Å². The number of aliphatic hydroxyl groups is 1. The maximum absolute atomic E-state index is 14.7. The van der Waals surface area contributed by atoms with Crippen molar-refractivity contribution in [2.24, 2.45) is 0 Å². The van der Waals surface area contributed by atoms with Crippen LogP contribution in [0.15, 0.2) is 66.2 Å². The number of nitrogens with zero attached hydrogens (tertiary/aromatic N) is 1. The van der Waals surface area contributed by atoms with Crippen LogP contribution >= 0.6 is 11.6 Å². The third kappa shape index (κ3) is 3.96. The molecule has 0 saturated carbocycles. The number of ether oxygens (including phenoxy) is 1. The summed E-state index contributed by atoms with van der Waals surface area (Å²) < 4.78 is 33.4.